The monoisotopic (exact) mass is 411 g/mol. The molecule has 7 heteroatoms. The quantitative estimate of drug-likeness (QED) is 0.516. The van der Waals surface area contributed by atoms with Crippen molar-refractivity contribution in [3.63, 3.8) is 0 Å². The highest BCUT2D eigenvalue weighted by molar-refractivity contribution is 5.91. The van der Waals surface area contributed by atoms with Crippen LogP contribution in [-0.4, -0.2) is 44.9 Å². The van der Waals surface area contributed by atoms with Crippen molar-refractivity contribution in [2.45, 2.75) is 18.9 Å². The molecule has 1 fully saturated rings. The summed E-state index contributed by atoms with van der Waals surface area (Å²) >= 11 is 0. The van der Waals surface area contributed by atoms with Crippen LogP contribution >= 0.6 is 0 Å². The number of nitrogens with zero attached hydrogens (tertiary/aromatic N) is 5. The van der Waals surface area contributed by atoms with Crippen LogP contribution in [0.4, 0.5) is 5.82 Å². The standard InChI is InChI=1S/C24H25N7/c1-25-24-23(18-15-29-31(16-18)19-7-11-26-12-8-19)20(17-5-4-9-27-14-17)13-22(30-24)21-6-2-3-10-28-21/h2-6,9-10,13-16,19,26H,7-8,11-12H2,1H3,(H,25,30). The van der Waals surface area contributed by atoms with Crippen LogP contribution < -0.4 is 10.6 Å². The van der Waals surface area contributed by atoms with Crippen molar-refractivity contribution in [3.05, 3.63) is 67.4 Å². The average Bonchev–Trinajstić information content (AvgIpc) is 3.35. The van der Waals surface area contributed by atoms with E-state index in [4.69, 9.17) is 10.1 Å². The molecule has 0 atom stereocenters. The first-order chi connectivity index (χ1) is 15.3. The van der Waals surface area contributed by atoms with Crippen LogP contribution in [0.1, 0.15) is 18.9 Å². The van der Waals surface area contributed by atoms with Crippen molar-refractivity contribution in [3.8, 4) is 33.6 Å². The van der Waals surface area contributed by atoms with Crippen molar-refractivity contribution in [1.29, 1.82) is 0 Å². The molecular formula is C24H25N7. The second kappa shape index (κ2) is 8.65. The van der Waals surface area contributed by atoms with Gasteiger partial charge in [-0.25, -0.2) is 4.98 Å². The second-order valence-electron chi connectivity index (χ2n) is 7.68. The van der Waals surface area contributed by atoms with E-state index >= 15 is 0 Å². The lowest BCUT2D eigenvalue weighted by atomic mass is 9.96. The molecule has 1 aliphatic rings. The van der Waals surface area contributed by atoms with Crippen LogP contribution in [0.3, 0.4) is 0 Å². The number of hydrogen-bond donors (Lipinski definition) is 2. The van der Waals surface area contributed by atoms with Gasteiger partial charge >= 0.3 is 0 Å². The molecule has 0 spiro atoms. The van der Waals surface area contributed by atoms with Gasteiger partial charge in [-0.3, -0.25) is 14.6 Å². The van der Waals surface area contributed by atoms with Crippen LogP contribution in [0.15, 0.2) is 67.4 Å². The van der Waals surface area contributed by atoms with E-state index in [-0.39, 0.29) is 0 Å². The summed E-state index contributed by atoms with van der Waals surface area (Å²) in [7, 11) is 1.90. The van der Waals surface area contributed by atoms with E-state index in [1.807, 2.05) is 43.7 Å². The van der Waals surface area contributed by atoms with Gasteiger partial charge in [-0.15, -0.1) is 0 Å². The number of hydrogen-bond acceptors (Lipinski definition) is 6. The molecule has 5 rings (SSSR count). The number of nitrogens with one attached hydrogen (secondary N) is 2. The van der Waals surface area contributed by atoms with Crippen LogP contribution in [0.5, 0.6) is 0 Å². The van der Waals surface area contributed by atoms with E-state index in [2.05, 4.69) is 43.6 Å². The zero-order chi connectivity index (χ0) is 21.0. The van der Waals surface area contributed by atoms with Gasteiger partial charge < -0.3 is 10.6 Å². The fourth-order valence-electron chi connectivity index (χ4n) is 4.15. The number of pyridine rings is 3. The normalized spacial score (nSPS) is 14.5. The van der Waals surface area contributed by atoms with Crippen LogP contribution in [0.25, 0.3) is 33.6 Å². The van der Waals surface area contributed by atoms with Gasteiger partial charge in [0.05, 0.1) is 23.6 Å². The summed E-state index contributed by atoms with van der Waals surface area (Å²) < 4.78 is 2.11. The van der Waals surface area contributed by atoms with Crippen LogP contribution in [0, 0.1) is 0 Å². The predicted molar refractivity (Wildman–Crippen MR) is 123 cm³/mol. The Hall–Kier alpha value is -3.58. The minimum Gasteiger partial charge on any atom is -0.373 e. The number of rotatable bonds is 5. The van der Waals surface area contributed by atoms with Gasteiger partial charge in [0.25, 0.3) is 0 Å². The predicted octanol–water partition coefficient (Wildman–Crippen LogP) is 4.04. The smallest absolute Gasteiger partial charge is 0.135 e. The zero-order valence-corrected chi connectivity index (χ0v) is 17.5. The third-order valence-corrected chi connectivity index (χ3v) is 5.73. The van der Waals surface area contributed by atoms with Crippen molar-refractivity contribution in [2.24, 2.45) is 0 Å². The maximum atomic E-state index is 4.90. The lowest BCUT2D eigenvalue weighted by Crippen LogP contribution is -2.29. The highest BCUT2D eigenvalue weighted by Crippen LogP contribution is 2.39. The Bertz CT molecular complexity index is 1150. The van der Waals surface area contributed by atoms with E-state index in [1.165, 1.54) is 0 Å². The maximum absolute atomic E-state index is 4.90. The highest BCUT2D eigenvalue weighted by Gasteiger charge is 2.21. The molecule has 31 heavy (non-hydrogen) atoms. The fraction of sp³-hybridized carbons (Fsp3) is 0.250. The Morgan fingerprint density at radius 2 is 1.90 bits per heavy atom. The van der Waals surface area contributed by atoms with Gasteiger partial charge in [-0.2, -0.15) is 5.10 Å². The SMILES string of the molecule is CNc1nc(-c2ccccn2)cc(-c2cccnc2)c1-c1cnn(C2CCNCC2)c1. The van der Waals surface area contributed by atoms with Crippen molar-refractivity contribution in [2.75, 3.05) is 25.5 Å². The molecule has 0 radical (unpaired) electrons. The Morgan fingerprint density at radius 1 is 1.00 bits per heavy atom. The Morgan fingerprint density at radius 3 is 2.65 bits per heavy atom. The Balaban J connectivity index is 1.66. The molecule has 4 aromatic rings. The first kappa shape index (κ1) is 19.4. The van der Waals surface area contributed by atoms with Gasteiger partial charge in [0, 0.05) is 48.5 Å². The largest absolute Gasteiger partial charge is 0.373 e. The lowest BCUT2D eigenvalue weighted by Gasteiger charge is -2.22. The molecule has 2 N–H and O–H groups in total. The van der Waals surface area contributed by atoms with E-state index < -0.39 is 0 Å². The molecule has 0 saturated carbocycles. The molecule has 4 aromatic heterocycles. The van der Waals surface area contributed by atoms with Crippen molar-refractivity contribution in [1.82, 2.24) is 30.0 Å². The first-order valence-corrected chi connectivity index (χ1v) is 10.6. The van der Waals surface area contributed by atoms with Gasteiger partial charge in [0.2, 0.25) is 0 Å². The van der Waals surface area contributed by atoms with E-state index in [0.29, 0.717) is 6.04 Å². The van der Waals surface area contributed by atoms with Crippen LogP contribution in [0.2, 0.25) is 0 Å². The van der Waals surface area contributed by atoms with Crippen molar-refractivity contribution < 1.29 is 0 Å². The first-order valence-electron chi connectivity index (χ1n) is 10.6. The summed E-state index contributed by atoms with van der Waals surface area (Å²) in [6.07, 6.45) is 11.7. The third kappa shape index (κ3) is 3.92. The molecule has 5 heterocycles. The number of aromatic nitrogens is 5. The van der Waals surface area contributed by atoms with E-state index in [0.717, 1.165) is 65.4 Å². The molecule has 1 saturated heterocycles. The average molecular weight is 412 g/mol. The van der Waals surface area contributed by atoms with Gasteiger partial charge in [0.1, 0.15) is 5.82 Å². The van der Waals surface area contributed by atoms with Gasteiger partial charge in [-0.1, -0.05) is 12.1 Å². The molecule has 0 aliphatic carbocycles. The molecule has 7 nitrogen and oxygen atoms in total. The lowest BCUT2D eigenvalue weighted by molar-refractivity contribution is 0.343. The van der Waals surface area contributed by atoms with Crippen LogP contribution in [-0.2, 0) is 0 Å². The second-order valence-corrected chi connectivity index (χ2v) is 7.68. The molecular weight excluding hydrogens is 386 g/mol. The molecule has 0 unspecified atom stereocenters. The summed E-state index contributed by atoms with van der Waals surface area (Å²) in [6, 6.07) is 12.4. The van der Waals surface area contributed by atoms with E-state index in [9.17, 15) is 0 Å². The summed E-state index contributed by atoms with van der Waals surface area (Å²) in [5.74, 6) is 0.798. The number of anilines is 1. The minimum atomic E-state index is 0.427. The van der Waals surface area contributed by atoms with Gasteiger partial charge in [0.15, 0.2) is 0 Å². The molecule has 156 valence electrons. The number of piperidine rings is 1. The van der Waals surface area contributed by atoms with E-state index in [1.54, 1.807) is 12.4 Å². The summed E-state index contributed by atoms with van der Waals surface area (Å²) in [6.45, 7) is 2.06. The highest BCUT2D eigenvalue weighted by atomic mass is 15.3. The molecule has 0 aromatic carbocycles. The molecule has 0 amide bonds. The minimum absolute atomic E-state index is 0.427. The topological polar surface area (TPSA) is 80.6 Å². The zero-order valence-electron chi connectivity index (χ0n) is 17.5. The summed E-state index contributed by atoms with van der Waals surface area (Å²) in [4.78, 5) is 13.8. The molecule has 0 bridgehead atoms. The Kier molecular flexibility index (Phi) is 5.41. The summed E-state index contributed by atoms with van der Waals surface area (Å²) in [5.41, 5.74) is 5.80. The van der Waals surface area contributed by atoms with Crippen molar-refractivity contribution >= 4 is 5.82 Å². The summed E-state index contributed by atoms with van der Waals surface area (Å²) in [5, 5.41) is 11.4. The molecule has 1 aliphatic heterocycles. The maximum Gasteiger partial charge on any atom is 0.135 e. The fourth-order valence-corrected chi connectivity index (χ4v) is 4.15. The Labute approximate surface area is 181 Å². The third-order valence-electron chi connectivity index (χ3n) is 5.73. The van der Waals surface area contributed by atoms with Gasteiger partial charge in [-0.05, 0) is 55.8 Å².